The summed E-state index contributed by atoms with van der Waals surface area (Å²) in [6.07, 6.45) is 13.0. The van der Waals surface area contributed by atoms with Gasteiger partial charge in [-0.3, -0.25) is 9.67 Å². The number of hydrogen-bond donors (Lipinski definition) is 1. The predicted octanol–water partition coefficient (Wildman–Crippen LogP) is 3.57. The largest absolute Gasteiger partial charge is 0.351 e. The number of hydrogen-bond acceptors (Lipinski definition) is 2. The van der Waals surface area contributed by atoms with Gasteiger partial charge in [0.2, 0.25) is 0 Å². The van der Waals surface area contributed by atoms with Gasteiger partial charge in [0, 0.05) is 26.3 Å². The van der Waals surface area contributed by atoms with Crippen LogP contribution in [0, 0.1) is 5.41 Å². The van der Waals surface area contributed by atoms with Crippen molar-refractivity contribution in [1.82, 2.24) is 20.0 Å². The highest BCUT2D eigenvalue weighted by Gasteiger charge is 2.43. The Bertz CT molecular complexity index is 572. The van der Waals surface area contributed by atoms with Crippen molar-refractivity contribution < 1.29 is 0 Å². The number of aliphatic imine (C=N–C) groups is 1. The fourth-order valence-corrected chi connectivity index (χ4v) is 4.55. The molecule has 6 heteroatoms. The maximum Gasteiger partial charge on any atom is 0.193 e. The van der Waals surface area contributed by atoms with Crippen LogP contribution in [0.5, 0.6) is 0 Å². The first-order chi connectivity index (χ1) is 11.3. The summed E-state index contributed by atoms with van der Waals surface area (Å²) >= 11 is 0. The van der Waals surface area contributed by atoms with Crippen LogP contribution in [0.25, 0.3) is 0 Å². The van der Waals surface area contributed by atoms with Gasteiger partial charge >= 0.3 is 0 Å². The van der Waals surface area contributed by atoms with E-state index in [1.54, 1.807) is 0 Å². The summed E-state index contributed by atoms with van der Waals surface area (Å²) in [7, 11) is 1.89. The lowest BCUT2D eigenvalue weighted by molar-refractivity contribution is 0.151. The number of nitrogens with one attached hydrogen (secondary N) is 1. The van der Waals surface area contributed by atoms with Gasteiger partial charge in [0.1, 0.15) is 0 Å². The van der Waals surface area contributed by atoms with Gasteiger partial charge in [-0.05, 0) is 43.6 Å². The summed E-state index contributed by atoms with van der Waals surface area (Å²) < 4.78 is 2.17. The molecule has 1 N–H and O–H groups in total. The zero-order valence-corrected chi connectivity index (χ0v) is 17.0. The number of nitrogens with zero attached hydrogens (tertiary/aromatic N) is 4. The first kappa shape index (κ1) is 18.0. The molecule has 4 rings (SSSR count). The second-order valence-corrected chi connectivity index (χ2v) is 7.65. The van der Waals surface area contributed by atoms with E-state index in [4.69, 9.17) is 5.10 Å². The molecule has 24 heavy (non-hydrogen) atoms. The lowest BCUT2D eigenvalue weighted by atomic mass is 9.68. The number of rotatable bonds is 3. The Kier molecular flexibility index (Phi) is 5.72. The van der Waals surface area contributed by atoms with Crippen LogP contribution in [0.4, 0.5) is 0 Å². The Hall–Kier alpha value is -0.790. The maximum atomic E-state index is 4.76. The number of guanidine groups is 1. The summed E-state index contributed by atoms with van der Waals surface area (Å²) in [6, 6.07) is 2.77. The highest BCUT2D eigenvalue weighted by molar-refractivity contribution is 14.0. The average Bonchev–Trinajstić information content (AvgIpc) is 3.27. The molecule has 1 aliphatic heterocycles. The van der Waals surface area contributed by atoms with E-state index in [0.717, 1.165) is 24.7 Å². The van der Waals surface area contributed by atoms with E-state index >= 15 is 0 Å². The van der Waals surface area contributed by atoms with Gasteiger partial charge in [0.25, 0.3) is 0 Å². The molecule has 0 bridgehead atoms. The van der Waals surface area contributed by atoms with Gasteiger partial charge in [-0.25, -0.2) is 0 Å². The van der Waals surface area contributed by atoms with Gasteiger partial charge in [0.05, 0.1) is 18.3 Å². The minimum Gasteiger partial charge on any atom is -0.351 e. The van der Waals surface area contributed by atoms with Gasteiger partial charge in [0.15, 0.2) is 5.96 Å². The van der Waals surface area contributed by atoms with Crippen molar-refractivity contribution >= 4 is 29.9 Å². The van der Waals surface area contributed by atoms with Crippen LogP contribution in [0.1, 0.15) is 63.1 Å². The van der Waals surface area contributed by atoms with Crippen LogP contribution in [0.2, 0.25) is 0 Å². The Labute approximate surface area is 162 Å². The summed E-state index contributed by atoms with van der Waals surface area (Å²) in [6.45, 7) is 3.11. The monoisotopic (exact) mass is 443 g/mol. The minimum atomic E-state index is 0. The molecule has 0 atom stereocenters. The van der Waals surface area contributed by atoms with Crippen LogP contribution >= 0.6 is 24.0 Å². The van der Waals surface area contributed by atoms with Crippen LogP contribution in [-0.2, 0) is 6.54 Å². The molecule has 3 aliphatic rings. The molecule has 3 fully saturated rings. The number of aromatic nitrogens is 2. The second kappa shape index (κ2) is 7.62. The Morgan fingerprint density at radius 1 is 1.29 bits per heavy atom. The van der Waals surface area contributed by atoms with Crippen LogP contribution in [-0.4, -0.2) is 40.8 Å². The quantitative estimate of drug-likeness (QED) is 0.442. The molecule has 0 unspecified atom stereocenters. The molecule has 1 aromatic rings. The molecule has 0 radical (unpaired) electrons. The second-order valence-electron chi connectivity index (χ2n) is 7.65. The molecule has 1 saturated heterocycles. The summed E-state index contributed by atoms with van der Waals surface area (Å²) in [5.41, 5.74) is 1.73. The van der Waals surface area contributed by atoms with Gasteiger partial charge < -0.3 is 10.2 Å². The molecule has 5 nitrogen and oxygen atoms in total. The van der Waals surface area contributed by atoms with Crippen molar-refractivity contribution in [2.75, 3.05) is 20.1 Å². The third-order valence-corrected chi connectivity index (χ3v) is 6.15. The van der Waals surface area contributed by atoms with E-state index in [1.165, 1.54) is 57.9 Å². The molecule has 2 aliphatic carbocycles. The Balaban J connectivity index is 0.00000169. The third kappa shape index (κ3) is 3.58. The zero-order valence-electron chi connectivity index (χ0n) is 14.7. The molecular weight excluding hydrogens is 413 g/mol. The minimum absolute atomic E-state index is 0. The van der Waals surface area contributed by atoms with E-state index in [2.05, 4.69) is 32.2 Å². The van der Waals surface area contributed by atoms with Crippen molar-refractivity contribution in [2.24, 2.45) is 10.4 Å². The van der Waals surface area contributed by atoms with E-state index in [1.807, 2.05) is 7.05 Å². The molecular formula is C18H30IN5. The van der Waals surface area contributed by atoms with Crippen molar-refractivity contribution in [3.05, 3.63) is 18.0 Å². The van der Waals surface area contributed by atoms with Crippen molar-refractivity contribution in [1.29, 1.82) is 0 Å². The van der Waals surface area contributed by atoms with Crippen molar-refractivity contribution in [3.8, 4) is 0 Å². The average molecular weight is 443 g/mol. The lowest BCUT2D eigenvalue weighted by Crippen LogP contribution is -2.42. The highest BCUT2D eigenvalue weighted by atomic mass is 127. The zero-order chi connectivity index (χ0) is 15.7. The SMILES string of the molecule is CN=C(NCc1ccn(C2CCCC2)n1)N1CCC2(CCC2)C1.I. The van der Waals surface area contributed by atoms with E-state index in [-0.39, 0.29) is 24.0 Å². The van der Waals surface area contributed by atoms with Crippen molar-refractivity contribution in [2.45, 2.75) is 64.0 Å². The Morgan fingerprint density at radius 2 is 2.08 bits per heavy atom. The summed E-state index contributed by atoms with van der Waals surface area (Å²) in [5, 5.41) is 8.28. The van der Waals surface area contributed by atoms with Crippen LogP contribution in [0.15, 0.2) is 17.3 Å². The standard InChI is InChI=1S/C18H29N5.HI/c1-19-17(22-12-10-18(14-22)8-4-9-18)20-13-15-7-11-23(21-15)16-5-2-3-6-16;/h7,11,16H,2-6,8-10,12-14H2,1H3,(H,19,20);1H. The topological polar surface area (TPSA) is 45.5 Å². The molecule has 0 aromatic carbocycles. The van der Waals surface area contributed by atoms with E-state index in [9.17, 15) is 0 Å². The first-order valence-corrected chi connectivity index (χ1v) is 9.28. The summed E-state index contributed by atoms with van der Waals surface area (Å²) in [4.78, 5) is 6.93. The summed E-state index contributed by atoms with van der Waals surface area (Å²) in [5.74, 6) is 1.05. The van der Waals surface area contributed by atoms with E-state index in [0.29, 0.717) is 11.5 Å². The molecule has 1 aromatic heterocycles. The van der Waals surface area contributed by atoms with Gasteiger partial charge in [-0.2, -0.15) is 5.10 Å². The third-order valence-electron chi connectivity index (χ3n) is 6.15. The molecule has 2 heterocycles. The number of halogens is 1. The highest BCUT2D eigenvalue weighted by Crippen LogP contribution is 2.47. The predicted molar refractivity (Wildman–Crippen MR) is 108 cm³/mol. The molecule has 1 spiro atoms. The molecule has 134 valence electrons. The molecule has 2 saturated carbocycles. The van der Waals surface area contributed by atoms with Gasteiger partial charge in [-0.1, -0.05) is 19.3 Å². The number of likely N-dealkylation sites (tertiary alicyclic amines) is 1. The molecule has 0 amide bonds. The lowest BCUT2D eigenvalue weighted by Gasteiger charge is -2.38. The smallest absolute Gasteiger partial charge is 0.193 e. The fraction of sp³-hybridized carbons (Fsp3) is 0.778. The fourth-order valence-electron chi connectivity index (χ4n) is 4.55. The van der Waals surface area contributed by atoms with E-state index < -0.39 is 0 Å². The Morgan fingerprint density at radius 3 is 2.71 bits per heavy atom. The van der Waals surface area contributed by atoms with Gasteiger partial charge in [-0.15, -0.1) is 24.0 Å². The maximum absolute atomic E-state index is 4.76. The first-order valence-electron chi connectivity index (χ1n) is 9.28. The normalized spacial score (nSPS) is 23.4. The van der Waals surface area contributed by atoms with Crippen LogP contribution < -0.4 is 5.32 Å². The van der Waals surface area contributed by atoms with Crippen LogP contribution in [0.3, 0.4) is 0 Å². The van der Waals surface area contributed by atoms with Crippen molar-refractivity contribution in [3.63, 3.8) is 0 Å².